The molecule has 0 spiro atoms. The summed E-state index contributed by atoms with van der Waals surface area (Å²) in [6.45, 7) is 1.73. The molecule has 6 nitrogen and oxygen atoms in total. The molecule has 4 rings (SSSR count). The number of aromatic nitrogens is 1. The number of carbonyl (C=O) groups is 2. The van der Waals surface area contributed by atoms with Gasteiger partial charge in [0.1, 0.15) is 12.6 Å². The van der Waals surface area contributed by atoms with Crippen LogP contribution in [0.1, 0.15) is 12.8 Å². The lowest BCUT2D eigenvalue weighted by atomic mass is 10.2. The Kier molecular flexibility index (Phi) is 4.01. The Hall–Kier alpha value is -3.41. The Bertz CT molecular complexity index is 937. The number of amides is 3. The molecule has 3 amide bonds. The number of hydrogen-bond acceptors (Lipinski definition) is 4. The zero-order chi connectivity index (χ0) is 18.1. The Morgan fingerprint density at radius 1 is 1.00 bits per heavy atom. The fraction of sp³-hybridized carbons (Fsp3) is 0.150. The number of para-hydroxylation sites is 1. The monoisotopic (exact) mass is 347 g/mol. The number of anilines is 1. The van der Waals surface area contributed by atoms with Crippen LogP contribution in [-0.4, -0.2) is 27.9 Å². The minimum Gasteiger partial charge on any atom is -0.439 e. The first-order valence-corrected chi connectivity index (χ1v) is 8.35. The molecule has 130 valence electrons. The van der Waals surface area contributed by atoms with E-state index in [1.807, 2.05) is 60.7 Å². The zero-order valence-electron chi connectivity index (χ0n) is 14.2. The summed E-state index contributed by atoms with van der Waals surface area (Å²) < 4.78 is 5.73. The SMILES string of the molecule is CC1C(=O)N(Cc2ncc(-c3ccccc3)o2)C(=O)N1c1ccccc1. The van der Waals surface area contributed by atoms with E-state index >= 15 is 0 Å². The van der Waals surface area contributed by atoms with Crippen LogP contribution in [0.15, 0.2) is 71.3 Å². The number of carbonyl (C=O) groups excluding carboxylic acids is 2. The second kappa shape index (κ2) is 6.48. The fourth-order valence-corrected chi connectivity index (χ4v) is 3.05. The van der Waals surface area contributed by atoms with E-state index in [0.717, 1.165) is 5.56 Å². The predicted molar refractivity (Wildman–Crippen MR) is 96.3 cm³/mol. The molecule has 0 aliphatic carbocycles. The van der Waals surface area contributed by atoms with Crippen molar-refractivity contribution in [2.45, 2.75) is 19.5 Å². The van der Waals surface area contributed by atoms with Crippen molar-refractivity contribution in [1.82, 2.24) is 9.88 Å². The summed E-state index contributed by atoms with van der Waals surface area (Å²) in [7, 11) is 0. The Morgan fingerprint density at radius 3 is 2.35 bits per heavy atom. The molecule has 2 aromatic carbocycles. The minimum absolute atomic E-state index is 0.0121. The Balaban J connectivity index is 1.56. The number of oxazole rings is 1. The summed E-state index contributed by atoms with van der Waals surface area (Å²) in [4.78, 5) is 32.2. The molecule has 1 aliphatic heterocycles. The van der Waals surface area contributed by atoms with Crippen molar-refractivity contribution in [2.24, 2.45) is 0 Å². The summed E-state index contributed by atoms with van der Waals surface area (Å²) in [6.07, 6.45) is 1.61. The first-order chi connectivity index (χ1) is 12.6. The van der Waals surface area contributed by atoms with Gasteiger partial charge in [-0.2, -0.15) is 0 Å². The summed E-state index contributed by atoms with van der Waals surface area (Å²) in [5.74, 6) is 0.665. The van der Waals surface area contributed by atoms with Crippen molar-refractivity contribution in [3.05, 3.63) is 72.8 Å². The number of imide groups is 1. The fourth-order valence-electron chi connectivity index (χ4n) is 3.05. The molecule has 1 unspecified atom stereocenters. The van der Waals surface area contributed by atoms with Crippen molar-refractivity contribution >= 4 is 17.6 Å². The number of benzene rings is 2. The summed E-state index contributed by atoms with van der Waals surface area (Å²) in [6, 6.07) is 17.8. The third kappa shape index (κ3) is 2.75. The highest BCUT2D eigenvalue weighted by Gasteiger charge is 2.43. The second-order valence-electron chi connectivity index (χ2n) is 6.07. The molecule has 1 aliphatic rings. The van der Waals surface area contributed by atoms with Gasteiger partial charge in [-0.1, -0.05) is 48.5 Å². The van der Waals surface area contributed by atoms with Crippen LogP contribution in [0.25, 0.3) is 11.3 Å². The van der Waals surface area contributed by atoms with E-state index in [4.69, 9.17) is 4.42 Å². The van der Waals surface area contributed by atoms with Gasteiger partial charge in [-0.05, 0) is 19.1 Å². The molecule has 1 atom stereocenters. The first kappa shape index (κ1) is 16.1. The quantitative estimate of drug-likeness (QED) is 0.675. The molecule has 0 N–H and O–H groups in total. The maximum Gasteiger partial charge on any atom is 0.332 e. The van der Waals surface area contributed by atoms with Gasteiger partial charge < -0.3 is 4.42 Å². The average Bonchev–Trinajstić information content (AvgIpc) is 3.23. The van der Waals surface area contributed by atoms with Crippen LogP contribution in [0.3, 0.4) is 0 Å². The summed E-state index contributed by atoms with van der Waals surface area (Å²) >= 11 is 0. The van der Waals surface area contributed by atoms with E-state index in [1.54, 1.807) is 13.1 Å². The summed E-state index contributed by atoms with van der Waals surface area (Å²) in [5, 5.41) is 0. The van der Waals surface area contributed by atoms with E-state index < -0.39 is 6.04 Å². The Labute approximate surface area is 150 Å². The lowest BCUT2D eigenvalue weighted by Crippen LogP contribution is -2.33. The van der Waals surface area contributed by atoms with Crippen molar-refractivity contribution in [2.75, 3.05) is 4.90 Å². The first-order valence-electron chi connectivity index (χ1n) is 8.35. The van der Waals surface area contributed by atoms with Gasteiger partial charge in [-0.15, -0.1) is 0 Å². The van der Waals surface area contributed by atoms with Crippen molar-refractivity contribution in [3.63, 3.8) is 0 Å². The zero-order valence-corrected chi connectivity index (χ0v) is 14.2. The largest absolute Gasteiger partial charge is 0.439 e. The van der Waals surface area contributed by atoms with Gasteiger partial charge in [0.25, 0.3) is 5.91 Å². The van der Waals surface area contributed by atoms with Gasteiger partial charge in [0.15, 0.2) is 5.76 Å². The molecule has 0 bridgehead atoms. The summed E-state index contributed by atoms with van der Waals surface area (Å²) in [5.41, 5.74) is 1.59. The van der Waals surface area contributed by atoms with E-state index in [2.05, 4.69) is 4.98 Å². The van der Waals surface area contributed by atoms with Gasteiger partial charge in [-0.3, -0.25) is 14.6 Å². The number of nitrogens with zero attached hydrogens (tertiary/aromatic N) is 3. The van der Waals surface area contributed by atoms with Crippen molar-refractivity contribution in [3.8, 4) is 11.3 Å². The maximum absolute atomic E-state index is 12.8. The lowest BCUT2D eigenvalue weighted by molar-refractivity contribution is -0.127. The van der Waals surface area contributed by atoms with Gasteiger partial charge >= 0.3 is 6.03 Å². The normalized spacial score (nSPS) is 17.2. The molecule has 6 heteroatoms. The van der Waals surface area contributed by atoms with Crippen molar-refractivity contribution < 1.29 is 14.0 Å². The lowest BCUT2D eigenvalue weighted by Gasteiger charge is -2.18. The van der Waals surface area contributed by atoms with E-state index in [1.165, 1.54) is 9.80 Å². The average molecular weight is 347 g/mol. The van der Waals surface area contributed by atoms with Crippen LogP contribution < -0.4 is 4.90 Å². The second-order valence-corrected chi connectivity index (χ2v) is 6.07. The topological polar surface area (TPSA) is 66.7 Å². The third-order valence-electron chi connectivity index (χ3n) is 4.39. The molecule has 1 aromatic heterocycles. The molecular formula is C20H17N3O3. The van der Waals surface area contributed by atoms with Crippen LogP contribution in [0, 0.1) is 0 Å². The molecular weight excluding hydrogens is 330 g/mol. The highest BCUT2D eigenvalue weighted by molar-refractivity contribution is 6.13. The molecule has 1 saturated heterocycles. The van der Waals surface area contributed by atoms with Gasteiger partial charge in [0.2, 0.25) is 5.89 Å². The van der Waals surface area contributed by atoms with Crippen molar-refractivity contribution in [1.29, 1.82) is 0 Å². The molecule has 0 saturated carbocycles. The smallest absolute Gasteiger partial charge is 0.332 e. The molecule has 3 aromatic rings. The van der Waals surface area contributed by atoms with Gasteiger partial charge in [-0.25, -0.2) is 9.78 Å². The molecule has 26 heavy (non-hydrogen) atoms. The van der Waals surface area contributed by atoms with Gasteiger partial charge in [0.05, 0.1) is 6.20 Å². The van der Waals surface area contributed by atoms with Crippen LogP contribution in [0.2, 0.25) is 0 Å². The number of hydrogen-bond donors (Lipinski definition) is 0. The van der Waals surface area contributed by atoms with Crippen LogP contribution in [0.4, 0.5) is 10.5 Å². The minimum atomic E-state index is -0.562. The highest BCUT2D eigenvalue weighted by atomic mass is 16.4. The van der Waals surface area contributed by atoms with E-state index in [9.17, 15) is 9.59 Å². The number of rotatable bonds is 4. The highest BCUT2D eigenvalue weighted by Crippen LogP contribution is 2.27. The number of urea groups is 1. The maximum atomic E-state index is 12.8. The van der Waals surface area contributed by atoms with Crippen LogP contribution in [-0.2, 0) is 11.3 Å². The van der Waals surface area contributed by atoms with Gasteiger partial charge in [0, 0.05) is 11.3 Å². The molecule has 0 radical (unpaired) electrons. The Morgan fingerprint density at radius 2 is 1.65 bits per heavy atom. The third-order valence-corrected chi connectivity index (χ3v) is 4.39. The van der Waals surface area contributed by atoms with E-state index in [0.29, 0.717) is 17.3 Å². The van der Waals surface area contributed by atoms with Crippen LogP contribution >= 0.6 is 0 Å². The molecule has 2 heterocycles. The van der Waals surface area contributed by atoms with Crippen LogP contribution in [0.5, 0.6) is 0 Å². The van der Waals surface area contributed by atoms with E-state index in [-0.39, 0.29) is 18.5 Å². The predicted octanol–water partition coefficient (Wildman–Crippen LogP) is 3.70. The standard InChI is InChI=1S/C20H17N3O3/c1-14-19(24)22(20(25)23(14)16-10-6-3-7-11-16)13-18-21-12-17(26-18)15-8-4-2-5-9-15/h2-12,14H,13H2,1H3. The molecule has 1 fully saturated rings.